The summed E-state index contributed by atoms with van der Waals surface area (Å²) in [6.07, 6.45) is 4.44. The molecule has 1 amide bonds. The summed E-state index contributed by atoms with van der Waals surface area (Å²) in [5.41, 5.74) is 1.32. The molecule has 2 aromatic rings. The zero-order valence-corrected chi connectivity index (χ0v) is 20.8. The number of halogens is 1. The monoisotopic (exact) mass is 476 g/mol. The first-order chi connectivity index (χ1) is 15.6. The minimum absolute atomic E-state index is 0.123. The average molecular weight is 477 g/mol. The Morgan fingerprint density at radius 3 is 2.67 bits per heavy atom. The third kappa shape index (κ3) is 6.28. The van der Waals surface area contributed by atoms with E-state index in [-0.39, 0.29) is 23.9 Å². The van der Waals surface area contributed by atoms with Crippen molar-refractivity contribution in [1.29, 1.82) is 0 Å². The molecule has 0 aliphatic carbocycles. The Hall–Kier alpha value is -2.54. The van der Waals surface area contributed by atoms with Crippen LogP contribution in [-0.2, 0) is 20.7 Å². The Bertz CT molecular complexity index is 1000. The molecule has 2 atom stereocenters. The van der Waals surface area contributed by atoms with Gasteiger partial charge in [-0.1, -0.05) is 11.6 Å². The fourth-order valence-corrected chi connectivity index (χ4v) is 4.63. The number of carbonyl (C=O) groups excluding carboxylic acids is 2. The molecule has 1 aromatic heterocycles. The predicted molar refractivity (Wildman–Crippen MR) is 128 cm³/mol. The van der Waals surface area contributed by atoms with Gasteiger partial charge in [0.15, 0.2) is 0 Å². The van der Waals surface area contributed by atoms with Crippen molar-refractivity contribution >= 4 is 34.6 Å². The SMILES string of the molecule is COC(=O)C1CN(C(=O)OC(C)(C)C)CCC1CCCc1c(Cl)cnc2ccc(OC)cc12. The van der Waals surface area contributed by atoms with Crippen molar-refractivity contribution in [3.8, 4) is 5.75 Å². The molecule has 1 aliphatic rings. The second-order valence-electron chi connectivity index (χ2n) is 9.46. The van der Waals surface area contributed by atoms with Crippen molar-refractivity contribution in [2.75, 3.05) is 27.3 Å². The van der Waals surface area contributed by atoms with Crippen molar-refractivity contribution in [2.24, 2.45) is 11.8 Å². The smallest absolute Gasteiger partial charge is 0.410 e. The van der Waals surface area contributed by atoms with E-state index in [4.69, 9.17) is 25.8 Å². The summed E-state index contributed by atoms with van der Waals surface area (Å²) in [5.74, 6) is 0.219. The minimum Gasteiger partial charge on any atom is -0.497 e. The highest BCUT2D eigenvalue weighted by atomic mass is 35.5. The molecular weight excluding hydrogens is 444 g/mol. The molecular formula is C25H33ClN2O5. The third-order valence-corrected chi connectivity index (χ3v) is 6.37. The molecule has 3 rings (SSSR count). The van der Waals surface area contributed by atoms with Gasteiger partial charge in [0.25, 0.3) is 0 Å². The number of amides is 1. The number of carbonyl (C=O) groups is 2. The molecule has 180 valence electrons. The van der Waals surface area contributed by atoms with Crippen LogP contribution in [0.1, 0.15) is 45.6 Å². The van der Waals surface area contributed by atoms with Crippen molar-refractivity contribution in [1.82, 2.24) is 9.88 Å². The molecule has 0 bridgehead atoms. The summed E-state index contributed by atoms with van der Waals surface area (Å²) in [6, 6.07) is 5.76. The summed E-state index contributed by atoms with van der Waals surface area (Å²) >= 11 is 6.49. The number of piperidine rings is 1. The molecule has 1 fully saturated rings. The van der Waals surface area contributed by atoms with Crippen LogP contribution in [0.15, 0.2) is 24.4 Å². The Balaban J connectivity index is 1.69. The van der Waals surface area contributed by atoms with E-state index in [2.05, 4.69) is 4.98 Å². The summed E-state index contributed by atoms with van der Waals surface area (Å²) in [5, 5.41) is 1.60. The molecule has 1 aromatic carbocycles. The van der Waals surface area contributed by atoms with Gasteiger partial charge in [0, 0.05) is 24.7 Å². The number of benzene rings is 1. The van der Waals surface area contributed by atoms with Gasteiger partial charge in [-0.25, -0.2) is 4.79 Å². The largest absolute Gasteiger partial charge is 0.497 e. The van der Waals surface area contributed by atoms with E-state index in [0.29, 0.717) is 18.1 Å². The molecule has 2 heterocycles. The van der Waals surface area contributed by atoms with Crippen LogP contribution in [0.3, 0.4) is 0 Å². The number of fused-ring (bicyclic) bond motifs is 1. The van der Waals surface area contributed by atoms with E-state index < -0.39 is 5.60 Å². The van der Waals surface area contributed by atoms with Crippen LogP contribution in [0, 0.1) is 11.8 Å². The number of likely N-dealkylation sites (tertiary alicyclic amines) is 1. The highest BCUT2D eigenvalue weighted by Gasteiger charge is 2.37. The van der Waals surface area contributed by atoms with Crippen LogP contribution < -0.4 is 4.74 Å². The lowest BCUT2D eigenvalue weighted by molar-refractivity contribution is -0.149. The number of aryl methyl sites for hydroxylation is 1. The number of hydrogen-bond donors (Lipinski definition) is 0. The number of esters is 1. The number of rotatable bonds is 6. The average Bonchev–Trinajstić information content (AvgIpc) is 2.78. The molecule has 2 unspecified atom stereocenters. The van der Waals surface area contributed by atoms with Crippen LogP contribution >= 0.6 is 11.6 Å². The second-order valence-corrected chi connectivity index (χ2v) is 9.87. The van der Waals surface area contributed by atoms with Gasteiger partial charge in [-0.15, -0.1) is 0 Å². The highest BCUT2D eigenvalue weighted by molar-refractivity contribution is 6.32. The number of ether oxygens (including phenoxy) is 3. The Labute approximate surface area is 200 Å². The Morgan fingerprint density at radius 1 is 1.24 bits per heavy atom. The highest BCUT2D eigenvalue weighted by Crippen LogP contribution is 2.33. The number of nitrogens with zero attached hydrogens (tertiary/aromatic N) is 2. The summed E-state index contributed by atoms with van der Waals surface area (Å²) < 4.78 is 15.9. The molecule has 0 spiro atoms. The standard InChI is InChI=1S/C25H33ClN2O5/c1-25(2,3)33-24(30)28-12-11-16(20(15-28)23(29)32-5)7-6-8-18-19-13-17(31-4)9-10-22(19)27-14-21(18)26/h9-10,13-14,16,20H,6-8,11-12,15H2,1-5H3. The van der Waals surface area contributed by atoms with Crippen LogP contribution in [0.5, 0.6) is 5.75 Å². The van der Waals surface area contributed by atoms with Gasteiger partial charge in [-0.2, -0.15) is 0 Å². The maximum atomic E-state index is 12.5. The minimum atomic E-state index is -0.579. The molecule has 0 radical (unpaired) electrons. The van der Waals surface area contributed by atoms with Crippen LogP contribution in [-0.4, -0.2) is 54.9 Å². The first-order valence-electron chi connectivity index (χ1n) is 11.3. The molecule has 0 saturated carbocycles. The van der Waals surface area contributed by atoms with Gasteiger partial charge >= 0.3 is 12.1 Å². The lowest BCUT2D eigenvalue weighted by Gasteiger charge is -2.37. The van der Waals surface area contributed by atoms with Gasteiger partial charge in [0.2, 0.25) is 0 Å². The van der Waals surface area contributed by atoms with Crippen molar-refractivity contribution < 1.29 is 23.8 Å². The fraction of sp³-hybridized carbons (Fsp3) is 0.560. The van der Waals surface area contributed by atoms with Crippen molar-refractivity contribution in [2.45, 2.75) is 52.1 Å². The molecule has 1 aliphatic heterocycles. The molecule has 33 heavy (non-hydrogen) atoms. The first kappa shape index (κ1) is 25.1. The number of methoxy groups -OCH3 is 2. The molecule has 7 nitrogen and oxygen atoms in total. The van der Waals surface area contributed by atoms with Crippen molar-refractivity contribution in [3.63, 3.8) is 0 Å². The number of hydrogen-bond acceptors (Lipinski definition) is 6. The second kappa shape index (κ2) is 10.6. The van der Waals surface area contributed by atoms with Crippen molar-refractivity contribution in [3.05, 3.63) is 35.0 Å². The summed E-state index contributed by atoms with van der Waals surface area (Å²) in [7, 11) is 3.03. The lowest BCUT2D eigenvalue weighted by atomic mass is 9.81. The maximum absolute atomic E-state index is 12.5. The lowest BCUT2D eigenvalue weighted by Crippen LogP contribution is -2.48. The zero-order valence-electron chi connectivity index (χ0n) is 20.0. The van der Waals surface area contributed by atoms with Crippen LogP contribution in [0.25, 0.3) is 10.9 Å². The van der Waals surface area contributed by atoms with Gasteiger partial charge in [0.05, 0.1) is 30.7 Å². The quantitative estimate of drug-likeness (QED) is 0.529. The van der Waals surface area contributed by atoms with Gasteiger partial charge in [-0.05, 0) is 76.1 Å². The molecule has 0 N–H and O–H groups in total. The van der Waals surface area contributed by atoms with E-state index in [1.54, 1.807) is 18.2 Å². The number of aromatic nitrogens is 1. The van der Waals surface area contributed by atoms with Gasteiger partial charge in [-0.3, -0.25) is 9.78 Å². The molecule has 8 heteroatoms. The maximum Gasteiger partial charge on any atom is 0.410 e. The van der Waals surface area contributed by atoms with E-state index in [9.17, 15) is 9.59 Å². The summed E-state index contributed by atoms with van der Waals surface area (Å²) in [6.45, 7) is 6.36. The normalized spacial score (nSPS) is 18.8. The van der Waals surface area contributed by atoms with E-state index in [1.807, 2.05) is 39.0 Å². The van der Waals surface area contributed by atoms with E-state index in [1.165, 1.54) is 7.11 Å². The Kier molecular flexibility index (Phi) is 8.05. The zero-order chi connectivity index (χ0) is 24.2. The third-order valence-electron chi connectivity index (χ3n) is 6.05. The fourth-order valence-electron chi connectivity index (χ4n) is 4.38. The Morgan fingerprint density at radius 2 is 2.00 bits per heavy atom. The van der Waals surface area contributed by atoms with E-state index >= 15 is 0 Å². The predicted octanol–water partition coefficient (Wildman–Crippen LogP) is 5.27. The van der Waals surface area contributed by atoms with Gasteiger partial charge < -0.3 is 19.1 Å². The first-order valence-corrected chi connectivity index (χ1v) is 11.7. The van der Waals surface area contributed by atoms with Crippen LogP contribution in [0.2, 0.25) is 5.02 Å². The topological polar surface area (TPSA) is 78.0 Å². The van der Waals surface area contributed by atoms with Crippen LogP contribution in [0.4, 0.5) is 4.79 Å². The van der Waals surface area contributed by atoms with E-state index in [0.717, 1.165) is 47.9 Å². The summed E-state index contributed by atoms with van der Waals surface area (Å²) in [4.78, 5) is 31.1. The number of pyridine rings is 1. The van der Waals surface area contributed by atoms with Gasteiger partial charge in [0.1, 0.15) is 11.4 Å². The molecule has 1 saturated heterocycles.